The van der Waals surface area contributed by atoms with Gasteiger partial charge in [0.05, 0.1) is 6.20 Å². The summed E-state index contributed by atoms with van der Waals surface area (Å²) in [6, 6.07) is 1.18. The van der Waals surface area contributed by atoms with Gasteiger partial charge in [-0.2, -0.15) is 9.30 Å². The molecule has 0 fully saturated rings. The van der Waals surface area contributed by atoms with Crippen LogP contribution < -0.4 is 5.43 Å². The van der Waals surface area contributed by atoms with Crippen molar-refractivity contribution in [1.82, 2.24) is 9.30 Å². The van der Waals surface area contributed by atoms with Crippen LogP contribution in [0.5, 0.6) is 0 Å². The van der Waals surface area contributed by atoms with E-state index in [4.69, 9.17) is 23.4 Å². The van der Waals surface area contributed by atoms with Crippen LogP contribution in [0.3, 0.4) is 0 Å². The maximum atomic E-state index is 10.4. The first-order valence-electron chi connectivity index (χ1n) is 2.11. The molecule has 0 amide bonds. The SMILES string of the molecule is O=c1cnn(Cl)c(Cl)c1. The highest BCUT2D eigenvalue weighted by Crippen LogP contribution is 2.02. The van der Waals surface area contributed by atoms with Gasteiger partial charge in [-0.15, -0.1) is 0 Å². The van der Waals surface area contributed by atoms with Crippen molar-refractivity contribution in [3.05, 3.63) is 27.6 Å². The summed E-state index contributed by atoms with van der Waals surface area (Å²) >= 11 is 10.7. The van der Waals surface area contributed by atoms with Gasteiger partial charge in [-0.1, -0.05) is 11.6 Å². The summed E-state index contributed by atoms with van der Waals surface area (Å²) in [6.45, 7) is 0. The third-order valence-electron chi connectivity index (χ3n) is 0.724. The van der Waals surface area contributed by atoms with Gasteiger partial charge < -0.3 is 0 Å². The highest BCUT2D eigenvalue weighted by atomic mass is 35.5. The predicted octanol–water partition coefficient (Wildman–Crippen LogP) is 0.899. The van der Waals surface area contributed by atoms with E-state index in [2.05, 4.69) is 5.10 Å². The second kappa shape index (κ2) is 2.37. The molecule has 0 spiro atoms. The summed E-state index contributed by atoms with van der Waals surface area (Å²) in [4.78, 5) is 10.4. The smallest absolute Gasteiger partial charge is 0.201 e. The highest BCUT2D eigenvalue weighted by Gasteiger charge is 1.92. The Balaban J connectivity index is 3.34. The van der Waals surface area contributed by atoms with E-state index in [0.717, 1.165) is 10.4 Å². The second-order valence-corrected chi connectivity index (χ2v) is 2.08. The molecule has 1 heterocycles. The molecule has 9 heavy (non-hydrogen) atoms. The molecule has 1 rings (SSSR count). The minimum atomic E-state index is -0.253. The summed E-state index contributed by atoms with van der Waals surface area (Å²) < 4.78 is 0.892. The molecule has 1 aromatic rings. The van der Waals surface area contributed by atoms with Crippen LogP contribution in [0.15, 0.2) is 17.1 Å². The van der Waals surface area contributed by atoms with Crippen molar-refractivity contribution < 1.29 is 0 Å². The number of nitrogens with zero attached hydrogens (tertiary/aromatic N) is 2. The molecule has 0 unspecified atom stereocenters. The van der Waals surface area contributed by atoms with Gasteiger partial charge in [0.2, 0.25) is 5.43 Å². The van der Waals surface area contributed by atoms with E-state index in [1.54, 1.807) is 0 Å². The number of halogens is 2. The lowest BCUT2D eigenvalue weighted by Gasteiger charge is -1.91. The Hall–Kier alpha value is -0.540. The summed E-state index contributed by atoms with van der Waals surface area (Å²) in [6.07, 6.45) is 1.08. The Labute approximate surface area is 60.9 Å². The van der Waals surface area contributed by atoms with E-state index in [0.29, 0.717) is 0 Å². The fraction of sp³-hybridized carbons (Fsp3) is 0. The van der Waals surface area contributed by atoms with Crippen LogP contribution in [0.25, 0.3) is 0 Å². The van der Waals surface area contributed by atoms with E-state index < -0.39 is 0 Å². The molecule has 1 aromatic heterocycles. The van der Waals surface area contributed by atoms with Gasteiger partial charge in [-0.05, 0) is 0 Å². The van der Waals surface area contributed by atoms with E-state index in [1.165, 1.54) is 6.07 Å². The van der Waals surface area contributed by atoms with Crippen LogP contribution >= 0.6 is 23.4 Å². The lowest BCUT2D eigenvalue weighted by Crippen LogP contribution is -2.03. The van der Waals surface area contributed by atoms with Crippen molar-refractivity contribution in [2.24, 2.45) is 0 Å². The molecule has 0 aromatic carbocycles. The Kier molecular flexibility index (Phi) is 1.73. The van der Waals surface area contributed by atoms with Gasteiger partial charge >= 0.3 is 0 Å². The Morgan fingerprint density at radius 3 is 2.78 bits per heavy atom. The highest BCUT2D eigenvalue weighted by molar-refractivity contribution is 6.32. The predicted molar refractivity (Wildman–Crippen MR) is 34.8 cm³/mol. The molecule has 0 bridgehead atoms. The first kappa shape index (κ1) is 6.58. The largest absolute Gasteiger partial charge is 0.288 e. The molecule has 0 saturated heterocycles. The van der Waals surface area contributed by atoms with Crippen LogP contribution in [-0.2, 0) is 0 Å². The van der Waals surface area contributed by atoms with E-state index in [9.17, 15) is 4.79 Å². The van der Waals surface area contributed by atoms with Gasteiger partial charge in [0.15, 0.2) is 0 Å². The Morgan fingerprint density at radius 1 is 1.67 bits per heavy atom. The number of hydrogen-bond acceptors (Lipinski definition) is 2. The van der Waals surface area contributed by atoms with E-state index >= 15 is 0 Å². The number of aromatic nitrogens is 2. The maximum Gasteiger partial charge on any atom is 0.201 e. The lowest BCUT2D eigenvalue weighted by atomic mass is 10.6. The van der Waals surface area contributed by atoms with E-state index in [-0.39, 0.29) is 10.6 Å². The van der Waals surface area contributed by atoms with Crippen LogP contribution in [0, 0.1) is 0 Å². The Morgan fingerprint density at radius 2 is 2.33 bits per heavy atom. The normalized spacial score (nSPS) is 9.56. The number of rotatable bonds is 0. The van der Waals surface area contributed by atoms with Crippen molar-refractivity contribution in [3.8, 4) is 0 Å². The maximum absolute atomic E-state index is 10.4. The summed E-state index contributed by atoms with van der Waals surface area (Å²) in [5, 5.41) is 3.53. The summed E-state index contributed by atoms with van der Waals surface area (Å²) in [5.74, 6) is 0. The van der Waals surface area contributed by atoms with Crippen molar-refractivity contribution >= 4 is 23.4 Å². The molecule has 0 aliphatic rings. The van der Waals surface area contributed by atoms with Gasteiger partial charge in [0.25, 0.3) is 0 Å². The van der Waals surface area contributed by atoms with Crippen molar-refractivity contribution in [1.29, 1.82) is 0 Å². The zero-order valence-corrected chi connectivity index (χ0v) is 5.73. The standard InChI is InChI=1S/C4H2Cl2N2O/c5-4-1-3(9)2-7-8(4)6/h1-2H. The average molecular weight is 165 g/mol. The lowest BCUT2D eigenvalue weighted by molar-refractivity contribution is 0.934. The monoisotopic (exact) mass is 164 g/mol. The van der Waals surface area contributed by atoms with Gasteiger partial charge in [0, 0.05) is 17.8 Å². The third kappa shape index (κ3) is 1.43. The zero-order chi connectivity index (χ0) is 6.85. The van der Waals surface area contributed by atoms with Gasteiger partial charge in [-0.3, -0.25) is 4.79 Å². The molecular formula is C4H2Cl2N2O. The van der Waals surface area contributed by atoms with Crippen LogP contribution in [-0.4, -0.2) is 9.30 Å². The first-order valence-corrected chi connectivity index (χ1v) is 2.83. The fourth-order valence-corrected chi connectivity index (χ4v) is 0.614. The minimum Gasteiger partial charge on any atom is -0.288 e. The first-order chi connectivity index (χ1) is 4.20. The van der Waals surface area contributed by atoms with Crippen molar-refractivity contribution in [2.75, 3.05) is 0 Å². The van der Waals surface area contributed by atoms with E-state index in [1.807, 2.05) is 0 Å². The van der Waals surface area contributed by atoms with Crippen LogP contribution in [0.4, 0.5) is 0 Å². The minimum absolute atomic E-state index is 0.115. The topological polar surface area (TPSA) is 34.9 Å². The molecule has 5 heteroatoms. The summed E-state index contributed by atoms with van der Waals surface area (Å²) in [5.41, 5.74) is -0.253. The molecule has 0 aliphatic heterocycles. The second-order valence-electron chi connectivity index (χ2n) is 1.37. The quantitative estimate of drug-likeness (QED) is 0.572. The molecule has 0 saturated carbocycles. The van der Waals surface area contributed by atoms with Crippen molar-refractivity contribution in [2.45, 2.75) is 0 Å². The molecular weight excluding hydrogens is 163 g/mol. The molecule has 0 atom stereocenters. The average Bonchev–Trinajstić information content (AvgIpc) is 1.80. The van der Waals surface area contributed by atoms with Gasteiger partial charge in [-0.25, -0.2) is 0 Å². The molecule has 48 valence electrons. The third-order valence-corrected chi connectivity index (χ3v) is 1.35. The molecule has 0 aliphatic carbocycles. The van der Waals surface area contributed by atoms with Gasteiger partial charge in [0.1, 0.15) is 5.15 Å². The summed E-state index contributed by atoms with van der Waals surface area (Å²) in [7, 11) is 0. The number of hydrogen-bond donors (Lipinski definition) is 0. The van der Waals surface area contributed by atoms with Crippen LogP contribution in [0.2, 0.25) is 5.15 Å². The molecule has 0 radical (unpaired) electrons. The molecule has 3 nitrogen and oxygen atoms in total. The fourth-order valence-electron chi connectivity index (χ4n) is 0.371. The molecule has 0 N–H and O–H groups in total. The Bertz CT molecular complexity index is 270. The van der Waals surface area contributed by atoms with Crippen LogP contribution in [0.1, 0.15) is 0 Å². The zero-order valence-electron chi connectivity index (χ0n) is 4.21. The van der Waals surface area contributed by atoms with Crippen molar-refractivity contribution in [3.63, 3.8) is 0 Å².